The second kappa shape index (κ2) is 12.3. The van der Waals surface area contributed by atoms with Crippen LogP contribution >= 0.6 is 27.7 Å². The Bertz CT molecular complexity index is 1380. The van der Waals surface area contributed by atoms with E-state index in [-0.39, 0.29) is 51.0 Å². The summed E-state index contributed by atoms with van der Waals surface area (Å²) in [5.41, 5.74) is 7.99. The molecule has 2 atom stereocenters. The van der Waals surface area contributed by atoms with Crippen LogP contribution < -0.4 is 24.8 Å². The molecule has 0 saturated carbocycles. The molecule has 0 fully saturated rings. The third-order valence-electron chi connectivity index (χ3n) is 6.10. The minimum absolute atomic E-state index is 0. The molecule has 0 amide bonds. The fraction of sp³-hybridized carbons (Fsp3) is 0.0667. The molecule has 0 radical (unpaired) electrons. The summed E-state index contributed by atoms with van der Waals surface area (Å²) < 4.78 is 1.12. The Morgan fingerprint density at radius 2 is 1.20 bits per heavy atom. The summed E-state index contributed by atoms with van der Waals surface area (Å²) in [4.78, 5) is 2.64. The first-order valence-corrected chi connectivity index (χ1v) is 12.3. The van der Waals surface area contributed by atoms with Crippen LogP contribution in [0.2, 0.25) is 0 Å². The van der Waals surface area contributed by atoms with E-state index in [0.29, 0.717) is 11.8 Å². The van der Waals surface area contributed by atoms with Gasteiger partial charge in [0.15, 0.2) is 0 Å². The van der Waals surface area contributed by atoms with Crippen molar-refractivity contribution in [1.29, 1.82) is 0 Å². The molecule has 2 unspecified atom stereocenters. The summed E-state index contributed by atoms with van der Waals surface area (Å²) in [5, 5.41) is 0. The Morgan fingerprint density at radius 3 is 1.94 bits per heavy atom. The molecule has 4 aliphatic rings. The van der Waals surface area contributed by atoms with Crippen molar-refractivity contribution in [3.05, 3.63) is 141 Å². The Hall–Kier alpha value is -1.35. The molecule has 170 valence electrons. The fourth-order valence-electron chi connectivity index (χ4n) is 4.55. The molecule has 6 bridgehead atoms. The minimum atomic E-state index is 0. The molecule has 2 aliphatic carbocycles. The Kier molecular flexibility index (Phi) is 9.89. The van der Waals surface area contributed by atoms with Gasteiger partial charge in [0.05, 0.1) is 0 Å². The number of allylic oxidation sites excluding steroid dienone is 2. The van der Waals surface area contributed by atoms with Gasteiger partial charge >= 0.3 is 26.2 Å². The monoisotopic (exact) mass is 650 g/mol. The summed E-state index contributed by atoms with van der Waals surface area (Å²) in [5.74, 6) is 0.631. The fourth-order valence-corrected chi connectivity index (χ4v) is 5.87. The molecule has 0 nitrogen and oxygen atoms in total. The molecule has 0 saturated heterocycles. The molecule has 8 rings (SSSR count). The van der Waals surface area contributed by atoms with E-state index < -0.39 is 0 Å². The van der Waals surface area contributed by atoms with Crippen LogP contribution in [0.3, 0.4) is 0 Å². The standard InChI is InChI=1S/C15H10Br.C15H9S.2ClH.Zr/c16-13-7-9-15-12(10-13)6-8-14(15)11-4-2-1-3-5-11;1-2-10-8-12(3-1)16-13-5-7-15-11(9-13)4-6-14(10)15;;;/h1-7,9-10,14H;1-5,7-9,14H;2*1H;/q2*-1;;;+4/p-2. The molecular weight excluding hydrogens is 634 g/mol. The number of fused-ring (bicyclic) bond motifs is 2. The third kappa shape index (κ3) is 5.81. The quantitative estimate of drug-likeness (QED) is 0.285. The normalized spacial score (nSPS) is 16.8. The average Bonchev–Trinajstić information content (AvgIpc) is 3.44. The molecule has 5 heteroatoms. The molecule has 4 aromatic rings. The van der Waals surface area contributed by atoms with Gasteiger partial charge in [-0.2, -0.15) is 11.1 Å². The summed E-state index contributed by atoms with van der Waals surface area (Å²) >= 11 is 5.33. The second-order valence-electron chi connectivity index (χ2n) is 8.14. The van der Waals surface area contributed by atoms with Gasteiger partial charge in [-0.05, 0) is 17.0 Å². The number of rotatable bonds is 1. The molecule has 35 heavy (non-hydrogen) atoms. The maximum atomic E-state index is 3.49. The first kappa shape index (κ1) is 28.2. The van der Waals surface area contributed by atoms with Gasteiger partial charge in [-0.25, -0.2) is 12.2 Å². The Labute approximate surface area is 251 Å². The van der Waals surface area contributed by atoms with Gasteiger partial charge in [-0.3, -0.25) is 12.2 Å². The van der Waals surface area contributed by atoms with Crippen molar-refractivity contribution >= 4 is 39.8 Å². The van der Waals surface area contributed by atoms with E-state index in [4.69, 9.17) is 0 Å². The largest absolute Gasteiger partial charge is 4.00 e. The van der Waals surface area contributed by atoms with E-state index in [2.05, 4.69) is 125 Å². The van der Waals surface area contributed by atoms with Crippen LogP contribution in [-0.2, 0) is 26.2 Å². The van der Waals surface area contributed by atoms with Crippen molar-refractivity contribution < 1.29 is 51.0 Å². The summed E-state index contributed by atoms with van der Waals surface area (Å²) in [6.45, 7) is 0. The van der Waals surface area contributed by atoms with Gasteiger partial charge in [0.2, 0.25) is 0 Å². The van der Waals surface area contributed by atoms with Gasteiger partial charge in [-0.1, -0.05) is 117 Å². The van der Waals surface area contributed by atoms with Gasteiger partial charge < -0.3 is 24.8 Å². The van der Waals surface area contributed by atoms with E-state index in [1.807, 2.05) is 17.8 Å². The van der Waals surface area contributed by atoms with Crippen LogP contribution in [0.15, 0.2) is 105 Å². The zero-order valence-electron chi connectivity index (χ0n) is 18.5. The molecule has 2 heterocycles. The number of benzene rings is 4. The van der Waals surface area contributed by atoms with Gasteiger partial charge in [0.1, 0.15) is 0 Å². The van der Waals surface area contributed by atoms with Crippen molar-refractivity contribution in [3.8, 4) is 0 Å². The maximum absolute atomic E-state index is 3.49. The van der Waals surface area contributed by atoms with Crippen molar-refractivity contribution in [2.75, 3.05) is 0 Å². The first-order chi connectivity index (χ1) is 15.7. The molecule has 0 aromatic heterocycles. The van der Waals surface area contributed by atoms with E-state index in [0.717, 1.165) is 4.47 Å². The number of halogens is 3. The summed E-state index contributed by atoms with van der Waals surface area (Å²) in [6.07, 6.45) is 11.1. The van der Waals surface area contributed by atoms with Crippen molar-refractivity contribution in [2.24, 2.45) is 0 Å². The molecule has 2 aliphatic heterocycles. The Morgan fingerprint density at radius 1 is 0.600 bits per heavy atom. The number of hydrogen-bond acceptors (Lipinski definition) is 1. The smallest absolute Gasteiger partial charge is 1.00 e. The first-order valence-electron chi connectivity index (χ1n) is 10.7. The van der Waals surface area contributed by atoms with E-state index in [1.165, 1.54) is 43.2 Å². The predicted molar refractivity (Wildman–Crippen MR) is 137 cm³/mol. The number of hydrogen-bond donors (Lipinski definition) is 0. The van der Waals surface area contributed by atoms with Crippen molar-refractivity contribution in [3.63, 3.8) is 0 Å². The van der Waals surface area contributed by atoms with Crippen LogP contribution in [0.4, 0.5) is 0 Å². The van der Waals surface area contributed by atoms with Gasteiger partial charge in [0.25, 0.3) is 0 Å². The second-order valence-corrected chi connectivity index (χ2v) is 10.2. The van der Waals surface area contributed by atoms with Crippen molar-refractivity contribution in [1.82, 2.24) is 0 Å². The van der Waals surface area contributed by atoms with Gasteiger partial charge in [-0.15, -0.1) is 23.3 Å². The molecular formula is C30H19BrCl2SZr. The predicted octanol–water partition coefficient (Wildman–Crippen LogP) is 2.53. The van der Waals surface area contributed by atoms with Gasteiger partial charge in [0, 0.05) is 9.37 Å². The summed E-state index contributed by atoms with van der Waals surface area (Å²) in [7, 11) is 0. The van der Waals surface area contributed by atoms with Crippen LogP contribution in [0.1, 0.15) is 45.2 Å². The SMILES string of the molecule is Brc1ccc2c(c1)C=[C-]C2c1ccccc1.[C-]1=Cc2cc3ccc2C1c1cccc(c1)S3.[Cl-].[Cl-].[Zr+4]. The van der Waals surface area contributed by atoms with Crippen LogP contribution in [-0.4, -0.2) is 0 Å². The molecule has 0 spiro atoms. The van der Waals surface area contributed by atoms with Crippen LogP contribution in [0.5, 0.6) is 0 Å². The zero-order valence-corrected chi connectivity index (χ0v) is 24.9. The summed E-state index contributed by atoms with van der Waals surface area (Å²) in [6, 6.07) is 32.4. The van der Waals surface area contributed by atoms with Crippen LogP contribution in [0.25, 0.3) is 12.2 Å². The molecule has 0 N–H and O–H groups in total. The maximum Gasteiger partial charge on any atom is 4.00 e. The zero-order chi connectivity index (χ0) is 21.5. The van der Waals surface area contributed by atoms with E-state index in [9.17, 15) is 0 Å². The van der Waals surface area contributed by atoms with E-state index >= 15 is 0 Å². The van der Waals surface area contributed by atoms with Crippen molar-refractivity contribution in [2.45, 2.75) is 21.6 Å². The minimum Gasteiger partial charge on any atom is -1.00 e. The third-order valence-corrected chi connectivity index (χ3v) is 7.57. The Balaban J connectivity index is 0.000000180. The van der Waals surface area contributed by atoms with Crippen LogP contribution in [0, 0.1) is 12.2 Å². The topological polar surface area (TPSA) is 0 Å². The van der Waals surface area contributed by atoms with E-state index in [1.54, 1.807) is 0 Å². The average molecular weight is 654 g/mol. The molecule has 4 aromatic carbocycles.